The summed E-state index contributed by atoms with van der Waals surface area (Å²) in [5.74, 6) is 0. The lowest BCUT2D eigenvalue weighted by Crippen LogP contribution is -2.09. The third kappa shape index (κ3) is 3.96. The third-order valence-corrected chi connectivity index (χ3v) is 4.21. The van der Waals surface area contributed by atoms with Crippen molar-refractivity contribution in [1.29, 1.82) is 0 Å². The van der Waals surface area contributed by atoms with E-state index in [0.29, 0.717) is 6.54 Å². The quantitative estimate of drug-likeness (QED) is 0.861. The molecule has 1 heterocycles. The third-order valence-electron chi connectivity index (χ3n) is 2.77. The molecule has 0 radical (unpaired) electrons. The summed E-state index contributed by atoms with van der Waals surface area (Å²) in [5.41, 5.74) is 9.28. The molecule has 0 amide bonds. The minimum atomic E-state index is 0.174. The molecule has 0 fully saturated rings. The highest BCUT2D eigenvalue weighted by Gasteiger charge is 2.13. The van der Waals surface area contributed by atoms with Crippen LogP contribution in [-0.2, 0) is 0 Å². The Bertz CT molecular complexity index is 552. The van der Waals surface area contributed by atoms with Crippen molar-refractivity contribution in [3.8, 4) is 0 Å². The normalized spacial score (nSPS) is 12.4. The van der Waals surface area contributed by atoms with Gasteiger partial charge in [-0.25, -0.2) is 4.98 Å². The van der Waals surface area contributed by atoms with Gasteiger partial charge in [-0.1, -0.05) is 35.5 Å². The molecule has 0 saturated carbocycles. The maximum Gasteiger partial charge on any atom is 0.0972 e. The summed E-state index contributed by atoms with van der Waals surface area (Å²) in [6.07, 6.45) is 0. The number of rotatable bonds is 4. The average Bonchev–Trinajstić information content (AvgIpc) is 2.34. The molecular formula is C15H17ClN2S. The predicted molar refractivity (Wildman–Crippen MR) is 82.8 cm³/mol. The Morgan fingerprint density at radius 1 is 1.26 bits per heavy atom. The van der Waals surface area contributed by atoms with Gasteiger partial charge in [0.2, 0.25) is 0 Å². The standard InChI is InChI=1S/C15H17ClN2S/c1-10-6-11(2)18-15(7-10)19-14(9-17)12-4-3-5-13(16)8-12/h3-8,14H,9,17H2,1-2H3. The molecule has 1 atom stereocenters. The molecule has 1 aromatic carbocycles. The van der Waals surface area contributed by atoms with Crippen LogP contribution in [0.1, 0.15) is 22.1 Å². The van der Waals surface area contributed by atoms with Gasteiger partial charge in [-0.15, -0.1) is 0 Å². The first-order valence-electron chi connectivity index (χ1n) is 6.16. The van der Waals surface area contributed by atoms with Gasteiger partial charge >= 0.3 is 0 Å². The number of pyridine rings is 1. The summed E-state index contributed by atoms with van der Waals surface area (Å²) >= 11 is 7.72. The maximum absolute atomic E-state index is 6.03. The lowest BCUT2D eigenvalue weighted by Gasteiger charge is -2.15. The van der Waals surface area contributed by atoms with Crippen molar-refractivity contribution >= 4 is 23.4 Å². The number of nitrogens with zero attached hydrogens (tertiary/aromatic N) is 1. The monoisotopic (exact) mass is 292 g/mol. The second-order valence-corrected chi connectivity index (χ2v) is 6.18. The minimum absolute atomic E-state index is 0.174. The highest BCUT2D eigenvalue weighted by Crippen LogP contribution is 2.34. The fourth-order valence-electron chi connectivity index (χ4n) is 1.97. The summed E-state index contributed by atoms with van der Waals surface area (Å²) in [6, 6.07) is 12.0. The predicted octanol–water partition coefficient (Wildman–Crippen LogP) is 4.14. The molecule has 2 rings (SSSR count). The second kappa shape index (κ2) is 6.42. The van der Waals surface area contributed by atoms with Crippen molar-refractivity contribution in [3.05, 3.63) is 58.2 Å². The zero-order valence-electron chi connectivity index (χ0n) is 11.1. The fraction of sp³-hybridized carbons (Fsp3) is 0.267. The molecule has 0 aliphatic carbocycles. The van der Waals surface area contributed by atoms with Crippen molar-refractivity contribution < 1.29 is 0 Å². The molecule has 1 unspecified atom stereocenters. The highest BCUT2D eigenvalue weighted by molar-refractivity contribution is 7.99. The van der Waals surface area contributed by atoms with E-state index in [4.69, 9.17) is 17.3 Å². The van der Waals surface area contributed by atoms with Crippen LogP contribution < -0.4 is 5.73 Å². The van der Waals surface area contributed by atoms with E-state index >= 15 is 0 Å². The van der Waals surface area contributed by atoms with Crippen LogP contribution in [0.25, 0.3) is 0 Å². The molecule has 0 aliphatic rings. The number of hydrogen-bond donors (Lipinski definition) is 1. The van der Waals surface area contributed by atoms with E-state index in [9.17, 15) is 0 Å². The summed E-state index contributed by atoms with van der Waals surface area (Å²) in [6.45, 7) is 4.64. The largest absolute Gasteiger partial charge is 0.329 e. The zero-order valence-corrected chi connectivity index (χ0v) is 12.6. The number of aryl methyl sites for hydroxylation is 2. The van der Waals surface area contributed by atoms with Gasteiger partial charge < -0.3 is 5.73 Å². The number of nitrogens with two attached hydrogens (primary N) is 1. The fourth-order valence-corrected chi connectivity index (χ4v) is 3.29. The van der Waals surface area contributed by atoms with Crippen molar-refractivity contribution in [2.24, 2.45) is 5.73 Å². The van der Waals surface area contributed by atoms with Gasteiger partial charge in [0.25, 0.3) is 0 Å². The van der Waals surface area contributed by atoms with Crippen LogP contribution in [0.5, 0.6) is 0 Å². The number of halogens is 1. The van der Waals surface area contributed by atoms with Gasteiger partial charge in [0.05, 0.1) is 5.03 Å². The molecule has 2 N–H and O–H groups in total. The first kappa shape index (κ1) is 14.4. The molecule has 1 aromatic heterocycles. The van der Waals surface area contributed by atoms with Gasteiger partial charge in [0, 0.05) is 22.5 Å². The smallest absolute Gasteiger partial charge is 0.0972 e. The number of aromatic nitrogens is 1. The first-order valence-corrected chi connectivity index (χ1v) is 7.41. The average molecular weight is 293 g/mol. The molecule has 2 aromatic rings. The lowest BCUT2D eigenvalue weighted by atomic mass is 10.1. The second-order valence-electron chi connectivity index (χ2n) is 4.52. The molecule has 100 valence electrons. The van der Waals surface area contributed by atoms with E-state index in [0.717, 1.165) is 21.3 Å². The van der Waals surface area contributed by atoms with Crippen molar-refractivity contribution in [2.45, 2.75) is 24.1 Å². The van der Waals surface area contributed by atoms with Crippen LogP contribution in [0, 0.1) is 13.8 Å². The number of benzene rings is 1. The van der Waals surface area contributed by atoms with E-state index < -0.39 is 0 Å². The summed E-state index contributed by atoms with van der Waals surface area (Å²) in [5, 5.41) is 1.92. The van der Waals surface area contributed by atoms with Gasteiger partial charge in [0.1, 0.15) is 0 Å². The Balaban J connectivity index is 2.23. The van der Waals surface area contributed by atoms with Crippen LogP contribution >= 0.6 is 23.4 Å². The molecule has 0 bridgehead atoms. The van der Waals surface area contributed by atoms with E-state index in [-0.39, 0.29) is 5.25 Å². The summed E-state index contributed by atoms with van der Waals surface area (Å²) < 4.78 is 0. The Morgan fingerprint density at radius 2 is 2.05 bits per heavy atom. The van der Waals surface area contributed by atoms with Crippen LogP contribution in [0.2, 0.25) is 5.02 Å². The van der Waals surface area contributed by atoms with Gasteiger partial charge in [-0.2, -0.15) is 0 Å². The topological polar surface area (TPSA) is 38.9 Å². The minimum Gasteiger partial charge on any atom is -0.329 e. The summed E-state index contributed by atoms with van der Waals surface area (Å²) in [4.78, 5) is 4.54. The van der Waals surface area contributed by atoms with Gasteiger partial charge in [-0.05, 0) is 49.2 Å². The van der Waals surface area contributed by atoms with E-state index in [1.165, 1.54) is 5.56 Å². The molecule has 19 heavy (non-hydrogen) atoms. The van der Waals surface area contributed by atoms with Crippen molar-refractivity contribution in [1.82, 2.24) is 4.98 Å². The van der Waals surface area contributed by atoms with Crippen LogP contribution in [-0.4, -0.2) is 11.5 Å². The number of hydrogen-bond acceptors (Lipinski definition) is 3. The lowest BCUT2D eigenvalue weighted by molar-refractivity contribution is 0.931. The van der Waals surface area contributed by atoms with E-state index in [1.807, 2.05) is 25.1 Å². The van der Waals surface area contributed by atoms with Gasteiger partial charge in [0.15, 0.2) is 0 Å². The first-order chi connectivity index (χ1) is 9.08. The molecule has 0 spiro atoms. The Kier molecular flexibility index (Phi) is 4.86. The molecular weight excluding hydrogens is 276 g/mol. The summed E-state index contributed by atoms with van der Waals surface area (Å²) in [7, 11) is 0. The Hall–Kier alpha value is -1.03. The molecule has 0 saturated heterocycles. The van der Waals surface area contributed by atoms with E-state index in [2.05, 4.69) is 30.1 Å². The van der Waals surface area contributed by atoms with Crippen LogP contribution in [0.15, 0.2) is 41.4 Å². The van der Waals surface area contributed by atoms with Crippen LogP contribution in [0.3, 0.4) is 0 Å². The molecule has 2 nitrogen and oxygen atoms in total. The SMILES string of the molecule is Cc1cc(C)nc(SC(CN)c2cccc(Cl)c2)c1. The zero-order chi connectivity index (χ0) is 13.8. The molecule has 0 aliphatic heterocycles. The molecule has 4 heteroatoms. The van der Waals surface area contributed by atoms with E-state index in [1.54, 1.807) is 11.8 Å². The van der Waals surface area contributed by atoms with Gasteiger partial charge in [-0.3, -0.25) is 0 Å². The van der Waals surface area contributed by atoms with Crippen molar-refractivity contribution in [2.75, 3.05) is 6.54 Å². The number of thioether (sulfide) groups is 1. The highest BCUT2D eigenvalue weighted by atomic mass is 35.5. The maximum atomic E-state index is 6.03. The van der Waals surface area contributed by atoms with Crippen molar-refractivity contribution in [3.63, 3.8) is 0 Å². The van der Waals surface area contributed by atoms with Crippen LogP contribution in [0.4, 0.5) is 0 Å². The Morgan fingerprint density at radius 3 is 2.68 bits per heavy atom. The Labute approximate surface area is 123 Å².